The molecule has 1 aliphatic carbocycles. The van der Waals surface area contributed by atoms with E-state index in [4.69, 9.17) is 9.97 Å². The summed E-state index contributed by atoms with van der Waals surface area (Å²) in [5, 5.41) is 0. The molecule has 0 saturated carbocycles. The third-order valence-corrected chi connectivity index (χ3v) is 10.7. The van der Waals surface area contributed by atoms with Crippen LogP contribution in [0.2, 0.25) is 0 Å². The number of rotatable bonds is 16. The molecule has 0 radical (unpaired) electrons. The van der Waals surface area contributed by atoms with Gasteiger partial charge in [-0.05, 0) is 108 Å². The van der Waals surface area contributed by atoms with Gasteiger partial charge in [-0.3, -0.25) is 0 Å². The van der Waals surface area contributed by atoms with E-state index in [0.29, 0.717) is 0 Å². The number of benzene rings is 4. The van der Waals surface area contributed by atoms with Gasteiger partial charge in [0.05, 0.1) is 22.1 Å². The summed E-state index contributed by atoms with van der Waals surface area (Å²) < 4.78 is 27.5. The van der Waals surface area contributed by atoms with E-state index < -0.39 is 0 Å². The molecule has 49 heavy (non-hydrogen) atoms. The van der Waals surface area contributed by atoms with Crippen molar-refractivity contribution >= 4 is 22.1 Å². The first kappa shape index (κ1) is 33.2. The van der Waals surface area contributed by atoms with Crippen LogP contribution >= 0.6 is 0 Å². The maximum absolute atomic E-state index is 13.7. The van der Waals surface area contributed by atoms with Crippen LogP contribution in [0.5, 0.6) is 0 Å². The second-order valence-corrected chi connectivity index (χ2v) is 14.1. The Kier molecular flexibility index (Phi) is 9.93. The van der Waals surface area contributed by atoms with Gasteiger partial charge in [-0.2, -0.15) is 0 Å². The molecule has 0 unspecified atom stereocenters. The lowest BCUT2D eigenvalue weighted by molar-refractivity contribution is 0.398. The summed E-state index contributed by atoms with van der Waals surface area (Å²) in [6.07, 6.45) is 17.3. The Morgan fingerprint density at radius 1 is 0.510 bits per heavy atom. The smallest absolute Gasteiger partial charge is 0.138 e. The third kappa shape index (κ3) is 6.79. The lowest BCUT2D eigenvalue weighted by Gasteiger charge is -2.33. The van der Waals surface area contributed by atoms with Gasteiger partial charge in [0.15, 0.2) is 0 Å². The second-order valence-electron chi connectivity index (χ2n) is 14.1. The van der Waals surface area contributed by atoms with Gasteiger partial charge in [-0.25, -0.2) is 18.7 Å². The average molecular weight is 659 g/mol. The SMILES string of the molecule is CCCCCCCCC1(CCCCCCCC)c2cc3[nH]c(-c4ccc(F)cc4)nc3cc2-c2cc3nc(-c4ccc(F)cc4)[nH]c3cc21. The normalized spacial score (nSPS) is 13.4. The minimum absolute atomic E-state index is 0.120. The Hall–Kier alpha value is -4.32. The van der Waals surface area contributed by atoms with Crippen LogP contribution in [0.1, 0.15) is 115 Å². The molecule has 7 rings (SSSR count). The third-order valence-electron chi connectivity index (χ3n) is 10.7. The zero-order valence-electron chi connectivity index (χ0n) is 29.0. The topological polar surface area (TPSA) is 57.4 Å². The van der Waals surface area contributed by atoms with E-state index >= 15 is 0 Å². The number of H-pyrrole nitrogens is 2. The standard InChI is InChI=1S/C43H48F2N4/c1-3-5-7-9-11-13-23-43(24-14-12-10-8-6-4-2)35-27-39-37(46-41(48-39)29-15-19-31(44)20-16-29)25-33(35)34-26-38-40(28-36(34)43)49-42(47-38)30-17-21-32(45)22-18-30/h15-22,25-28H,3-14,23-24H2,1-2H3,(H,46,48)(H,47,49). The molecule has 0 aliphatic heterocycles. The van der Waals surface area contributed by atoms with Crippen molar-refractivity contribution in [1.82, 2.24) is 19.9 Å². The highest BCUT2D eigenvalue weighted by Gasteiger charge is 2.43. The zero-order valence-corrected chi connectivity index (χ0v) is 29.0. The molecule has 2 heterocycles. The molecule has 0 atom stereocenters. The van der Waals surface area contributed by atoms with Crippen LogP contribution < -0.4 is 0 Å². The molecule has 0 bridgehead atoms. The fraction of sp³-hybridized carbons (Fsp3) is 0.395. The first-order valence-electron chi connectivity index (χ1n) is 18.6. The van der Waals surface area contributed by atoms with E-state index in [-0.39, 0.29) is 17.0 Å². The van der Waals surface area contributed by atoms with Gasteiger partial charge in [-0.15, -0.1) is 0 Å². The Morgan fingerprint density at radius 2 is 0.898 bits per heavy atom. The lowest BCUT2D eigenvalue weighted by Crippen LogP contribution is -2.25. The number of halogens is 2. The highest BCUT2D eigenvalue weighted by atomic mass is 19.1. The summed E-state index contributed by atoms with van der Waals surface area (Å²) in [5.74, 6) is 1.000. The van der Waals surface area contributed by atoms with Crippen LogP contribution in [0.25, 0.3) is 56.0 Å². The van der Waals surface area contributed by atoms with Gasteiger partial charge in [0.2, 0.25) is 0 Å². The molecule has 1 aliphatic rings. The van der Waals surface area contributed by atoms with Crippen molar-refractivity contribution in [3.05, 3.63) is 95.6 Å². The summed E-state index contributed by atoms with van der Waals surface area (Å²) in [4.78, 5) is 17.2. The molecule has 254 valence electrons. The van der Waals surface area contributed by atoms with Crippen LogP contribution in [-0.2, 0) is 5.41 Å². The first-order valence-corrected chi connectivity index (χ1v) is 18.6. The minimum Gasteiger partial charge on any atom is -0.338 e. The molecule has 6 aromatic rings. The number of aromatic nitrogens is 4. The number of aromatic amines is 2. The van der Waals surface area contributed by atoms with Gasteiger partial charge in [0, 0.05) is 16.5 Å². The van der Waals surface area contributed by atoms with Gasteiger partial charge in [0.1, 0.15) is 23.3 Å². The molecular formula is C43H48F2N4. The highest BCUT2D eigenvalue weighted by Crippen LogP contribution is 2.56. The quantitative estimate of drug-likeness (QED) is 0.102. The number of imidazole rings is 2. The summed E-state index contributed by atoms with van der Waals surface area (Å²) in [6, 6.07) is 22.3. The average Bonchev–Trinajstić information content (AvgIpc) is 3.79. The van der Waals surface area contributed by atoms with Crippen molar-refractivity contribution < 1.29 is 8.78 Å². The number of hydrogen-bond acceptors (Lipinski definition) is 2. The fourth-order valence-electron chi connectivity index (χ4n) is 8.06. The van der Waals surface area contributed by atoms with E-state index in [1.165, 1.54) is 124 Å². The van der Waals surface area contributed by atoms with Crippen LogP contribution in [0.4, 0.5) is 8.78 Å². The predicted octanol–water partition coefficient (Wildman–Crippen LogP) is 12.8. The van der Waals surface area contributed by atoms with Gasteiger partial charge < -0.3 is 9.97 Å². The largest absolute Gasteiger partial charge is 0.338 e. The van der Waals surface area contributed by atoms with Crippen molar-refractivity contribution in [2.45, 2.75) is 109 Å². The number of nitrogens with zero attached hydrogens (tertiary/aromatic N) is 2. The molecule has 4 aromatic carbocycles. The second kappa shape index (κ2) is 14.7. The molecule has 0 spiro atoms. The number of unbranched alkanes of at least 4 members (excludes halogenated alkanes) is 10. The van der Waals surface area contributed by atoms with E-state index in [1.807, 2.05) is 0 Å². The van der Waals surface area contributed by atoms with Crippen molar-refractivity contribution in [2.24, 2.45) is 0 Å². The summed E-state index contributed by atoms with van der Waals surface area (Å²) in [7, 11) is 0. The molecule has 6 heteroatoms. The maximum Gasteiger partial charge on any atom is 0.138 e. The molecule has 4 nitrogen and oxygen atoms in total. The van der Waals surface area contributed by atoms with Crippen molar-refractivity contribution in [3.63, 3.8) is 0 Å². The van der Waals surface area contributed by atoms with E-state index in [9.17, 15) is 8.78 Å². The Balaban J connectivity index is 1.34. The Bertz CT molecular complexity index is 1870. The molecular weight excluding hydrogens is 610 g/mol. The summed E-state index contributed by atoms with van der Waals surface area (Å²) >= 11 is 0. The number of hydrogen-bond donors (Lipinski definition) is 2. The van der Waals surface area contributed by atoms with Crippen molar-refractivity contribution in [2.75, 3.05) is 0 Å². The van der Waals surface area contributed by atoms with Crippen molar-refractivity contribution in [3.8, 4) is 33.9 Å². The summed E-state index contributed by atoms with van der Waals surface area (Å²) in [6.45, 7) is 4.55. The molecule has 0 amide bonds. The molecule has 0 saturated heterocycles. The van der Waals surface area contributed by atoms with Crippen LogP contribution in [0, 0.1) is 11.6 Å². The van der Waals surface area contributed by atoms with Crippen LogP contribution in [0.15, 0.2) is 72.8 Å². The molecule has 0 fully saturated rings. The zero-order chi connectivity index (χ0) is 33.8. The Morgan fingerprint density at radius 3 is 1.31 bits per heavy atom. The fourth-order valence-corrected chi connectivity index (χ4v) is 8.06. The maximum atomic E-state index is 13.7. The van der Waals surface area contributed by atoms with Crippen molar-refractivity contribution in [1.29, 1.82) is 0 Å². The monoisotopic (exact) mass is 658 g/mol. The van der Waals surface area contributed by atoms with Gasteiger partial charge in [-0.1, -0.05) is 90.9 Å². The molecule has 2 aromatic heterocycles. The van der Waals surface area contributed by atoms with Gasteiger partial charge >= 0.3 is 0 Å². The van der Waals surface area contributed by atoms with E-state index in [0.717, 1.165) is 57.7 Å². The van der Waals surface area contributed by atoms with E-state index in [2.05, 4.69) is 48.1 Å². The van der Waals surface area contributed by atoms with Crippen LogP contribution in [-0.4, -0.2) is 19.9 Å². The Labute approximate surface area is 288 Å². The highest BCUT2D eigenvalue weighted by molar-refractivity contribution is 5.96. The van der Waals surface area contributed by atoms with Crippen LogP contribution in [0.3, 0.4) is 0 Å². The number of nitrogens with one attached hydrogen (secondary N) is 2. The van der Waals surface area contributed by atoms with E-state index in [1.54, 1.807) is 24.3 Å². The minimum atomic E-state index is -0.253. The number of fused-ring (bicyclic) bond motifs is 5. The van der Waals surface area contributed by atoms with Gasteiger partial charge in [0.25, 0.3) is 0 Å². The predicted molar refractivity (Wildman–Crippen MR) is 199 cm³/mol. The molecule has 2 N–H and O–H groups in total. The summed E-state index contributed by atoms with van der Waals surface area (Å²) in [5.41, 5.74) is 10.7. The first-order chi connectivity index (χ1) is 24.0. The lowest BCUT2D eigenvalue weighted by atomic mass is 9.70.